The molecule has 0 saturated heterocycles. The molecule has 0 aliphatic heterocycles. The van der Waals surface area contributed by atoms with E-state index < -0.39 is 18.8 Å². The number of rotatable bonds is 6. The number of aromatic nitrogens is 1. The molecule has 0 aliphatic carbocycles. The van der Waals surface area contributed by atoms with E-state index in [4.69, 9.17) is 16.3 Å². The van der Waals surface area contributed by atoms with Gasteiger partial charge in [-0.15, -0.1) is 0 Å². The van der Waals surface area contributed by atoms with Crippen LogP contribution in [0.15, 0.2) is 36.5 Å². The number of nitrogens with one attached hydrogen (secondary N) is 1. The minimum atomic E-state index is -4.42. The third kappa shape index (κ3) is 5.52. The van der Waals surface area contributed by atoms with Crippen molar-refractivity contribution < 1.29 is 27.4 Å². The van der Waals surface area contributed by atoms with Crippen molar-refractivity contribution in [3.8, 4) is 11.5 Å². The molecule has 1 amide bonds. The molecule has 0 unspecified atom stereocenters. The van der Waals surface area contributed by atoms with E-state index in [2.05, 4.69) is 15.0 Å². The lowest BCUT2D eigenvalue weighted by Crippen LogP contribution is -2.27. The van der Waals surface area contributed by atoms with Crippen LogP contribution in [0.3, 0.4) is 0 Å². The van der Waals surface area contributed by atoms with Crippen LogP contribution in [-0.4, -0.2) is 30.8 Å². The number of nitrogens with zero attached hydrogens (tertiary/aromatic N) is 1. The molecule has 1 atom stereocenters. The van der Waals surface area contributed by atoms with Gasteiger partial charge in [-0.2, -0.15) is 13.2 Å². The quantitative estimate of drug-likeness (QED) is 0.806. The zero-order valence-corrected chi connectivity index (χ0v) is 14.7. The number of hydrogen-bond donors (Lipinski definition) is 1. The van der Waals surface area contributed by atoms with Crippen LogP contribution in [0, 0.1) is 0 Å². The molecule has 140 valence electrons. The molecule has 0 fully saturated rings. The zero-order chi connectivity index (χ0) is 19.3. The van der Waals surface area contributed by atoms with Crippen molar-refractivity contribution in [2.45, 2.75) is 19.1 Å². The average Bonchev–Trinajstić information content (AvgIpc) is 2.59. The largest absolute Gasteiger partial charge is 0.495 e. The monoisotopic (exact) mass is 388 g/mol. The molecule has 26 heavy (non-hydrogen) atoms. The van der Waals surface area contributed by atoms with Crippen LogP contribution < -0.4 is 14.8 Å². The number of ether oxygens (including phenoxy) is 2. The smallest absolute Gasteiger partial charge is 0.422 e. The van der Waals surface area contributed by atoms with Crippen LogP contribution in [0.25, 0.3) is 0 Å². The molecule has 1 aromatic heterocycles. The number of benzene rings is 1. The number of carbonyl (C=O) groups is 1. The summed E-state index contributed by atoms with van der Waals surface area (Å²) in [4.78, 5) is 16.3. The molecule has 0 aliphatic rings. The number of methoxy groups -OCH3 is 1. The maximum absolute atomic E-state index is 12.3. The summed E-state index contributed by atoms with van der Waals surface area (Å²) in [6.45, 7) is 0.306. The maximum atomic E-state index is 12.3. The van der Waals surface area contributed by atoms with Gasteiger partial charge in [-0.3, -0.25) is 9.78 Å². The fourth-order valence-electron chi connectivity index (χ4n) is 2.06. The summed E-state index contributed by atoms with van der Waals surface area (Å²) in [5, 5.41) is 3.03. The molecular formula is C17H16ClF3N2O3. The molecule has 0 spiro atoms. The summed E-state index contributed by atoms with van der Waals surface area (Å²) in [5.74, 6) is 0.0696. The van der Waals surface area contributed by atoms with Crippen molar-refractivity contribution in [2.24, 2.45) is 0 Å². The van der Waals surface area contributed by atoms with Gasteiger partial charge in [0, 0.05) is 5.56 Å². The number of halogens is 4. The number of hydrogen-bond acceptors (Lipinski definition) is 4. The van der Waals surface area contributed by atoms with Gasteiger partial charge in [-0.25, -0.2) is 0 Å². The highest BCUT2D eigenvalue weighted by Gasteiger charge is 2.28. The lowest BCUT2D eigenvalue weighted by Gasteiger charge is -2.15. The summed E-state index contributed by atoms with van der Waals surface area (Å²) >= 11 is 5.99. The highest BCUT2D eigenvalue weighted by Crippen LogP contribution is 2.25. The first-order chi connectivity index (χ1) is 12.2. The van der Waals surface area contributed by atoms with Crippen molar-refractivity contribution in [2.75, 3.05) is 13.7 Å². The zero-order valence-electron chi connectivity index (χ0n) is 13.9. The molecule has 0 saturated carbocycles. The highest BCUT2D eigenvalue weighted by atomic mass is 35.5. The lowest BCUT2D eigenvalue weighted by atomic mass is 10.1. The van der Waals surface area contributed by atoms with Crippen molar-refractivity contribution in [3.63, 3.8) is 0 Å². The molecule has 1 N–H and O–H groups in total. The Morgan fingerprint density at radius 3 is 2.58 bits per heavy atom. The van der Waals surface area contributed by atoms with Gasteiger partial charge < -0.3 is 14.8 Å². The van der Waals surface area contributed by atoms with Gasteiger partial charge in [-0.05, 0) is 37.3 Å². The van der Waals surface area contributed by atoms with E-state index in [0.29, 0.717) is 22.0 Å². The van der Waals surface area contributed by atoms with Crippen LogP contribution in [0.5, 0.6) is 11.5 Å². The Labute approximate surface area is 153 Å². The van der Waals surface area contributed by atoms with Gasteiger partial charge in [-0.1, -0.05) is 11.6 Å². The van der Waals surface area contributed by atoms with Crippen LogP contribution >= 0.6 is 11.6 Å². The van der Waals surface area contributed by atoms with Gasteiger partial charge in [0.1, 0.15) is 11.5 Å². The first-order valence-corrected chi connectivity index (χ1v) is 7.87. The number of alkyl halides is 3. The van der Waals surface area contributed by atoms with E-state index in [0.717, 1.165) is 0 Å². The third-order valence-corrected chi connectivity index (χ3v) is 3.66. The van der Waals surface area contributed by atoms with Crippen molar-refractivity contribution in [1.29, 1.82) is 0 Å². The molecule has 1 heterocycles. The van der Waals surface area contributed by atoms with Gasteiger partial charge in [0.2, 0.25) is 0 Å². The Kier molecular flexibility index (Phi) is 6.31. The first kappa shape index (κ1) is 19.8. The summed E-state index contributed by atoms with van der Waals surface area (Å²) < 4.78 is 46.0. The van der Waals surface area contributed by atoms with Crippen molar-refractivity contribution in [1.82, 2.24) is 10.3 Å². The van der Waals surface area contributed by atoms with Crippen LogP contribution in [-0.2, 0) is 0 Å². The van der Waals surface area contributed by atoms with E-state index in [1.54, 1.807) is 19.1 Å². The van der Waals surface area contributed by atoms with E-state index >= 15 is 0 Å². The van der Waals surface area contributed by atoms with Gasteiger partial charge in [0.15, 0.2) is 6.61 Å². The molecule has 0 bridgehead atoms. The number of carbonyl (C=O) groups excluding carboxylic acids is 1. The second kappa shape index (κ2) is 8.27. The molecule has 2 aromatic rings. The predicted molar refractivity (Wildman–Crippen MR) is 89.7 cm³/mol. The minimum Gasteiger partial charge on any atom is -0.495 e. The predicted octanol–water partition coefficient (Wildman–Crippen LogP) is 4.18. The number of pyridine rings is 1. The molecular weight excluding hydrogens is 373 g/mol. The van der Waals surface area contributed by atoms with E-state index in [9.17, 15) is 18.0 Å². The maximum Gasteiger partial charge on any atom is 0.422 e. The minimum absolute atomic E-state index is 0.00784. The third-order valence-electron chi connectivity index (χ3n) is 3.37. The Balaban J connectivity index is 1.99. The summed E-state index contributed by atoms with van der Waals surface area (Å²) in [5.41, 5.74) is 0.810. The fraction of sp³-hybridized carbons (Fsp3) is 0.294. The normalized spacial score (nSPS) is 12.4. The Morgan fingerprint density at radius 1 is 1.31 bits per heavy atom. The second-order valence-corrected chi connectivity index (χ2v) is 5.77. The van der Waals surface area contributed by atoms with Crippen molar-refractivity contribution in [3.05, 3.63) is 52.8 Å². The lowest BCUT2D eigenvalue weighted by molar-refractivity contribution is -0.153. The highest BCUT2D eigenvalue weighted by molar-refractivity contribution is 6.32. The SMILES string of the molecule is COc1ccc(C(=O)N[C@H](C)c2ccc(OCC(F)(F)F)cn2)cc1Cl. The van der Waals surface area contributed by atoms with E-state index in [1.807, 2.05) is 0 Å². The summed E-state index contributed by atoms with van der Waals surface area (Å²) in [7, 11) is 1.47. The van der Waals surface area contributed by atoms with Gasteiger partial charge >= 0.3 is 6.18 Å². The van der Waals surface area contributed by atoms with E-state index in [1.165, 1.54) is 31.5 Å². The Hall–Kier alpha value is -2.48. The summed E-state index contributed by atoms with van der Waals surface area (Å²) in [6, 6.07) is 6.99. The van der Waals surface area contributed by atoms with Gasteiger partial charge in [0.05, 0.1) is 30.1 Å². The Bertz CT molecular complexity index is 767. The molecule has 2 rings (SSSR count). The van der Waals surface area contributed by atoms with Crippen LogP contribution in [0.2, 0.25) is 5.02 Å². The second-order valence-electron chi connectivity index (χ2n) is 5.37. The van der Waals surface area contributed by atoms with Crippen LogP contribution in [0.1, 0.15) is 29.0 Å². The van der Waals surface area contributed by atoms with Crippen LogP contribution in [0.4, 0.5) is 13.2 Å². The molecule has 5 nitrogen and oxygen atoms in total. The standard InChI is InChI=1S/C17H16ClF3N2O3/c1-10(14-5-4-12(8-22-14)26-9-17(19,20)21)23-16(24)11-3-6-15(25-2)13(18)7-11/h3-8,10H,9H2,1-2H3,(H,23,24)/t10-/m1/s1. The topological polar surface area (TPSA) is 60.5 Å². The average molecular weight is 389 g/mol. The van der Waals surface area contributed by atoms with E-state index in [-0.39, 0.29) is 11.7 Å². The fourth-order valence-corrected chi connectivity index (χ4v) is 2.32. The number of amides is 1. The molecule has 1 aromatic carbocycles. The Morgan fingerprint density at radius 2 is 2.04 bits per heavy atom. The summed E-state index contributed by atoms with van der Waals surface area (Å²) in [6.07, 6.45) is -3.24. The first-order valence-electron chi connectivity index (χ1n) is 7.49. The molecule has 9 heteroatoms. The van der Waals surface area contributed by atoms with Crippen molar-refractivity contribution >= 4 is 17.5 Å². The van der Waals surface area contributed by atoms with Gasteiger partial charge in [0.25, 0.3) is 5.91 Å². The molecule has 0 radical (unpaired) electrons.